The van der Waals surface area contributed by atoms with Crippen molar-refractivity contribution in [1.29, 1.82) is 0 Å². The van der Waals surface area contributed by atoms with Crippen molar-refractivity contribution in [3.8, 4) is 0 Å². The first kappa shape index (κ1) is 47.4. The van der Waals surface area contributed by atoms with Crippen LogP contribution in [-0.2, 0) is 28.6 Å². The molecule has 7 heteroatoms. The number of ether oxygens (including phenoxy) is 3. The van der Waals surface area contributed by atoms with Crippen LogP contribution in [0.1, 0.15) is 226 Å². The van der Waals surface area contributed by atoms with Crippen LogP contribution in [0.4, 0.5) is 0 Å². The molecule has 2 unspecified atom stereocenters. The second-order valence-electron chi connectivity index (χ2n) is 14.5. The summed E-state index contributed by atoms with van der Waals surface area (Å²) < 4.78 is 15.9. The Morgan fingerprint density at radius 2 is 0.714 bits per heavy atom. The van der Waals surface area contributed by atoms with E-state index in [1.54, 1.807) is 0 Å². The molecule has 0 heterocycles. The van der Waals surface area contributed by atoms with Gasteiger partial charge in [-0.25, -0.2) is 4.79 Å². The van der Waals surface area contributed by atoms with Gasteiger partial charge in [-0.1, -0.05) is 194 Å². The first-order valence-corrected chi connectivity index (χ1v) is 21.1. The summed E-state index contributed by atoms with van der Waals surface area (Å²) in [4.78, 5) is 36.6. The molecule has 0 amide bonds. The molecule has 2 atom stereocenters. The second-order valence-corrected chi connectivity index (χ2v) is 14.5. The Morgan fingerprint density at radius 1 is 0.429 bits per heavy atom. The number of unbranched alkanes of at least 4 members (excludes halogenated alkanes) is 28. The van der Waals surface area contributed by atoms with E-state index in [1.165, 1.54) is 161 Å². The molecule has 0 saturated heterocycles. The van der Waals surface area contributed by atoms with E-state index in [-0.39, 0.29) is 31.6 Å². The lowest BCUT2D eigenvalue weighted by molar-refractivity contribution is -0.169. The van der Waals surface area contributed by atoms with Crippen LogP contribution in [0, 0.1) is 0 Å². The third-order valence-electron chi connectivity index (χ3n) is 9.45. The van der Waals surface area contributed by atoms with Gasteiger partial charge >= 0.3 is 17.9 Å². The smallest absolute Gasteiger partial charge is 0.334 e. The Morgan fingerprint density at radius 3 is 1.04 bits per heavy atom. The highest BCUT2D eigenvalue weighted by atomic mass is 16.6. The van der Waals surface area contributed by atoms with Crippen LogP contribution < -0.4 is 0 Å². The highest BCUT2D eigenvalue weighted by molar-refractivity contribution is 5.74. The Hall–Kier alpha value is -1.63. The minimum absolute atomic E-state index is 0.157. The second kappa shape index (κ2) is 37.6. The standard InChI is InChI=1S/C42H80O7/c1-4-6-8-10-12-14-16-18-20-22-24-26-28-30-32-34-40(44)47-36-39(37-48-42(46)38(3)43)49-41(45)35-33-31-29-27-25-23-21-19-17-15-13-11-9-7-5-2/h38-39,43H,4-37H2,1-3H3. The van der Waals surface area contributed by atoms with E-state index >= 15 is 0 Å². The SMILES string of the molecule is CCCCCCCCCCCCCCCCCC(=O)OCC(COC(=O)C(C)O)OC(=O)CCCCCCCCCCCCCCCCC. The largest absolute Gasteiger partial charge is 0.462 e. The molecule has 0 radical (unpaired) electrons. The fourth-order valence-electron chi connectivity index (χ4n) is 6.20. The quantitative estimate of drug-likeness (QED) is 0.0389. The predicted octanol–water partition coefficient (Wildman–Crippen LogP) is 11.9. The fraction of sp³-hybridized carbons (Fsp3) is 0.929. The molecular formula is C42H80O7. The molecule has 0 aliphatic heterocycles. The molecule has 1 N–H and O–H groups in total. The van der Waals surface area contributed by atoms with E-state index < -0.39 is 18.2 Å². The van der Waals surface area contributed by atoms with Crippen molar-refractivity contribution < 1.29 is 33.7 Å². The molecule has 0 aromatic carbocycles. The van der Waals surface area contributed by atoms with Crippen LogP contribution in [-0.4, -0.2) is 48.4 Å². The average molecular weight is 697 g/mol. The molecular weight excluding hydrogens is 616 g/mol. The van der Waals surface area contributed by atoms with Gasteiger partial charge in [0.1, 0.15) is 19.3 Å². The minimum atomic E-state index is -1.27. The number of esters is 3. The summed E-state index contributed by atoms with van der Waals surface area (Å²) in [7, 11) is 0. The van der Waals surface area contributed by atoms with Gasteiger partial charge in [-0.3, -0.25) is 9.59 Å². The summed E-state index contributed by atoms with van der Waals surface area (Å²) >= 11 is 0. The summed E-state index contributed by atoms with van der Waals surface area (Å²) in [5.41, 5.74) is 0. The van der Waals surface area contributed by atoms with Gasteiger partial charge in [0.15, 0.2) is 6.10 Å². The van der Waals surface area contributed by atoms with E-state index in [0.717, 1.165) is 38.5 Å². The average Bonchev–Trinajstić information content (AvgIpc) is 3.09. The monoisotopic (exact) mass is 697 g/mol. The number of aliphatic hydroxyl groups is 1. The highest BCUT2D eigenvalue weighted by Crippen LogP contribution is 2.16. The van der Waals surface area contributed by atoms with Crippen LogP contribution in [0.2, 0.25) is 0 Å². The molecule has 0 fully saturated rings. The van der Waals surface area contributed by atoms with Gasteiger partial charge in [0.25, 0.3) is 0 Å². The molecule has 0 aromatic heterocycles. The first-order chi connectivity index (χ1) is 23.9. The van der Waals surface area contributed by atoms with Gasteiger partial charge in [0.2, 0.25) is 0 Å². The van der Waals surface area contributed by atoms with Gasteiger partial charge in [-0.15, -0.1) is 0 Å². The summed E-state index contributed by atoms with van der Waals surface area (Å²) in [6.07, 6.45) is 36.3. The number of carbonyl (C=O) groups excluding carboxylic acids is 3. The van der Waals surface area contributed by atoms with E-state index in [4.69, 9.17) is 14.2 Å². The van der Waals surface area contributed by atoms with Crippen molar-refractivity contribution in [3.05, 3.63) is 0 Å². The van der Waals surface area contributed by atoms with Crippen molar-refractivity contribution >= 4 is 17.9 Å². The van der Waals surface area contributed by atoms with Gasteiger partial charge in [0, 0.05) is 12.8 Å². The van der Waals surface area contributed by atoms with Crippen LogP contribution in [0.15, 0.2) is 0 Å². The van der Waals surface area contributed by atoms with Crippen LogP contribution in [0.25, 0.3) is 0 Å². The summed E-state index contributed by atoms with van der Waals surface area (Å²) in [6, 6.07) is 0. The van der Waals surface area contributed by atoms with E-state index in [0.29, 0.717) is 6.42 Å². The molecule has 0 rings (SSSR count). The highest BCUT2D eigenvalue weighted by Gasteiger charge is 2.21. The van der Waals surface area contributed by atoms with Crippen molar-refractivity contribution in [3.63, 3.8) is 0 Å². The van der Waals surface area contributed by atoms with Gasteiger partial charge in [0.05, 0.1) is 0 Å². The van der Waals surface area contributed by atoms with E-state index in [9.17, 15) is 19.5 Å². The molecule has 7 nitrogen and oxygen atoms in total. The maximum Gasteiger partial charge on any atom is 0.334 e. The molecule has 0 bridgehead atoms. The first-order valence-electron chi connectivity index (χ1n) is 21.1. The Bertz CT molecular complexity index is 739. The number of hydrogen-bond acceptors (Lipinski definition) is 7. The lowest BCUT2D eigenvalue weighted by atomic mass is 10.0. The lowest BCUT2D eigenvalue weighted by Crippen LogP contribution is -2.32. The van der Waals surface area contributed by atoms with Gasteiger partial charge in [-0.2, -0.15) is 0 Å². The molecule has 0 spiro atoms. The minimum Gasteiger partial charge on any atom is -0.462 e. The molecule has 290 valence electrons. The molecule has 0 aliphatic carbocycles. The van der Waals surface area contributed by atoms with Crippen LogP contribution >= 0.6 is 0 Å². The van der Waals surface area contributed by atoms with E-state index in [2.05, 4.69) is 13.8 Å². The number of hydrogen-bond donors (Lipinski definition) is 1. The predicted molar refractivity (Wildman–Crippen MR) is 203 cm³/mol. The summed E-state index contributed by atoms with van der Waals surface area (Å²) in [5, 5.41) is 9.43. The number of aliphatic hydroxyl groups excluding tert-OH is 1. The van der Waals surface area contributed by atoms with Crippen molar-refractivity contribution in [1.82, 2.24) is 0 Å². The third kappa shape index (κ3) is 36.0. The molecule has 49 heavy (non-hydrogen) atoms. The molecule has 0 saturated carbocycles. The Balaban J connectivity index is 3.95. The van der Waals surface area contributed by atoms with Gasteiger partial charge < -0.3 is 19.3 Å². The summed E-state index contributed by atoms with van der Waals surface area (Å²) in [5.74, 6) is -1.51. The molecule has 0 aromatic rings. The zero-order valence-electron chi connectivity index (χ0n) is 32.6. The Kier molecular flexibility index (Phi) is 36.4. The fourth-order valence-corrected chi connectivity index (χ4v) is 6.20. The zero-order valence-corrected chi connectivity index (χ0v) is 32.6. The Labute approximate surface area is 302 Å². The maximum atomic E-state index is 12.5. The normalized spacial score (nSPS) is 12.5. The number of carbonyl (C=O) groups is 3. The van der Waals surface area contributed by atoms with Crippen molar-refractivity contribution in [2.75, 3.05) is 13.2 Å². The lowest BCUT2D eigenvalue weighted by Gasteiger charge is -2.18. The van der Waals surface area contributed by atoms with Crippen molar-refractivity contribution in [2.45, 2.75) is 238 Å². The van der Waals surface area contributed by atoms with Crippen LogP contribution in [0.3, 0.4) is 0 Å². The van der Waals surface area contributed by atoms with Crippen LogP contribution in [0.5, 0.6) is 0 Å². The van der Waals surface area contributed by atoms with Gasteiger partial charge in [-0.05, 0) is 19.8 Å². The van der Waals surface area contributed by atoms with Crippen molar-refractivity contribution in [2.24, 2.45) is 0 Å². The van der Waals surface area contributed by atoms with E-state index in [1.807, 2.05) is 0 Å². The molecule has 0 aliphatic rings. The summed E-state index contributed by atoms with van der Waals surface area (Å²) in [6.45, 7) is 5.43. The maximum absolute atomic E-state index is 12.5. The zero-order chi connectivity index (χ0) is 36.0. The number of rotatable bonds is 38. The topological polar surface area (TPSA) is 99.1 Å². The third-order valence-corrected chi connectivity index (χ3v) is 9.45.